The summed E-state index contributed by atoms with van der Waals surface area (Å²) in [5, 5.41) is 6.25. The fraction of sp³-hybridized carbons (Fsp3) is 0.182. The van der Waals surface area contributed by atoms with Crippen molar-refractivity contribution in [1.82, 2.24) is 14.9 Å². The average Bonchev–Trinajstić information content (AvgIpc) is 2.89. The van der Waals surface area contributed by atoms with Crippen molar-refractivity contribution in [2.24, 2.45) is 5.73 Å². The Hall–Kier alpha value is -1.77. The van der Waals surface area contributed by atoms with Crippen LogP contribution in [-0.2, 0) is 23.1 Å². The van der Waals surface area contributed by atoms with Crippen LogP contribution in [-0.4, -0.2) is 18.6 Å². The second-order valence-corrected chi connectivity index (χ2v) is 5.64. The number of hydrogen-bond acceptors (Lipinski definition) is 4. The number of nitrogens with one attached hydrogen (secondary N) is 2. The Morgan fingerprint density at radius 1 is 1.37 bits per heavy atom. The summed E-state index contributed by atoms with van der Waals surface area (Å²) >= 11 is 0. The summed E-state index contributed by atoms with van der Waals surface area (Å²) in [6.07, 6.45) is 3.03. The minimum atomic E-state index is -3.90. The van der Waals surface area contributed by atoms with E-state index >= 15 is 0 Å². The predicted octanol–water partition coefficient (Wildman–Crippen LogP) is 0.486. The lowest BCUT2D eigenvalue weighted by Gasteiger charge is -2.07. The Morgan fingerprint density at radius 2 is 2.16 bits per heavy atom. The van der Waals surface area contributed by atoms with Gasteiger partial charge >= 0.3 is 0 Å². The fourth-order valence-electron chi connectivity index (χ4n) is 1.52. The van der Waals surface area contributed by atoms with E-state index in [2.05, 4.69) is 14.9 Å². The standard InChI is InChI=1S/C11H13FN4O2S/c12-10-3-8(4-13)1-2-11(10)19(17,18)16-7-9-5-14-15-6-9/h1-3,5-6,16H,4,7,13H2,(H,14,15). The third kappa shape index (κ3) is 3.16. The maximum absolute atomic E-state index is 13.7. The molecular weight excluding hydrogens is 271 g/mol. The highest BCUT2D eigenvalue weighted by atomic mass is 32.2. The maximum atomic E-state index is 13.7. The molecule has 1 aromatic carbocycles. The van der Waals surface area contributed by atoms with E-state index in [0.717, 1.165) is 6.07 Å². The molecule has 0 aliphatic heterocycles. The van der Waals surface area contributed by atoms with Gasteiger partial charge in [0.15, 0.2) is 0 Å². The summed E-state index contributed by atoms with van der Waals surface area (Å²) in [5.41, 5.74) is 6.55. The first-order chi connectivity index (χ1) is 9.03. The molecule has 0 fully saturated rings. The van der Waals surface area contributed by atoms with Gasteiger partial charge in [-0.05, 0) is 17.7 Å². The van der Waals surface area contributed by atoms with E-state index in [-0.39, 0.29) is 13.1 Å². The Kier molecular flexibility index (Phi) is 3.93. The Morgan fingerprint density at radius 3 is 2.74 bits per heavy atom. The summed E-state index contributed by atoms with van der Waals surface area (Å²) in [4.78, 5) is -0.395. The van der Waals surface area contributed by atoms with Gasteiger partial charge in [-0.3, -0.25) is 5.10 Å². The molecule has 0 saturated carbocycles. The molecule has 4 N–H and O–H groups in total. The van der Waals surface area contributed by atoms with Gasteiger partial charge in [0.2, 0.25) is 10.0 Å². The van der Waals surface area contributed by atoms with Crippen LogP contribution in [0.5, 0.6) is 0 Å². The molecule has 0 amide bonds. The summed E-state index contributed by atoms with van der Waals surface area (Å²) in [5.74, 6) is -0.817. The molecular formula is C11H13FN4O2S. The summed E-state index contributed by atoms with van der Waals surface area (Å²) in [6.45, 7) is 0.191. The zero-order valence-electron chi connectivity index (χ0n) is 9.93. The summed E-state index contributed by atoms with van der Waals surface area (Å²) in [6, 6.07) is 3.80. The first-order valence-corrected chi connectivity index (χ1v) is 6.97. The summed E-state index contributed by atoms with van der Waals surface area (Å²) in [7, 11) is -3.90. The SMILES string of the molecule is NCc1ccc(S(=O)(=O)NCc2cn[nH]c2)c(F)c1. The maximum Gasteiger partial charge on any atom is 0.243 e. The zero-order chi connectivity index (χ0) is 13.9. The molecule has 1 aromatic heterocycles. The van der Waals surface area contributed by atoms with E-state index in [1.165, 1.54) is 18.3 Å². The number of halogens is 1. The first kappa shape index (κ1) is 13.7. The fourth-order valence-corrected chi connectivity index (χ4v) is 2.59. The molecule has 8 heteroatoms. The van der Waals surface area contributed by atoms with Crippen molar-refractivity contribution >= 4 is 10.0 Å². The normalized spacial score (nSPS) is 11.7. The Labute approximate surface area is 109 Å². The molecule has 2 rings (SSSR count). The summed E-state index contributed by atoms with van der Waals surface area (Å²) < 4.78 is 39.9. The van der Waals surface area contributed by atoms with E-state index in [1.807, 2.05) is 0 Å². The van der Waals surface area contributed by atoms with Crippen LogP contribution in [0.25, 0.3) is 0 Å². The second-order valence-electron chi connectivity index (χ2n) is 3.90. The van der Waals surface area contributed by atoms with Crippen LogP contribution in [0.15, 0.2) is 35.5 Å². The van der Waals surface area contributed by atoms with Crippen molar-refractivity contribution in [1.29, 1.82) is 0 Å². The molecule has 2 aromatic rings. The van der Waals surface area contributed by atoms with E-state index in [0.29, 0.717) is 11.1 Å². The number of nitrogens with zero attached hydrogens (tertiary/aromatic N) is 1. The van der Waals surface area contributed by atoms with Gasteiger partial charge in [-0.2, -0.15) is 5.10 Å². The number of aromatic nitrogens is 2. The molecule has 6 nitrogen and oxygen atoms in total. The highest BCUT2D eigenvalue weighted by Crippen LogP contribution is 2.16. The molecule has 0 unspecified atom stereocenters. The predicted molar refractivity (Wildman–Crippen MR) is 66.9 cm³/mol. The Bertz CT molecular complexity index is 655. The zero-order valence-corrected chi connectivity index (χ0v) is 10.7. The molecule has 0 atom stereocenters. The molecule has 0 radical (unpaired) electrons. The molecule has 0 aliphatic carbocycles. The molecule has 0 spiro atoms. The van der Waals surface area contributed by atoms with Crippen molar-refractivity contribution in [3.05, 3.63) is 47.5 Å². The lowest BCUT2D eigenvalue weighted by atomic mass is 10.2. The smallest absolute Gasteiger partial charge is 0.243 e. The van der Waals surface area contributed by atoms with Crippen molar-refractivity contribution in [3.8, 4) is 0 Å². The van der Waals surface area contributed by atoms with Crippen LogP contribution in [0.2, 0.25) is 0 Å². The number of benzene rings is 1. The van der Waals surface area contributed by atoms with Gasteiger partial charge < -0.3 is 5.73 Å². The molecule has 1 heterocycles. The van der Waals surface area contributed by atoms with Crippen molar-refractivity contribution < 1.29 is 12.8 Å². The van der Waals surface area contributed by atoms with Gasteiger partial charge in [0, 0.05) is 24.8 Å². The minimum Gasteiger partial charge on any atom is -0.326 e. The first-order valence-electron chi connectivity index (χ1n) is 5.49. The quantitative estimate of drug-likeness (QED) is 0.743. The van der Waals surface area contributed by atoms with E-state index < -0.39 is 20.7 Å². The van der Waals surface area contributed by atoms with E-state index in [9.17, 15) is 12.8 Å². The van der Waals surface area contributed by atoms with Gasteiger partial charge in [-0.15, -0.1) is 0 Å². The third-order valence-corrected chi connectivity index (χ3v) is 3.98. The number of aromatic amines is 1. The van der Waals surface area contributed by atoms with Gasteiger partial charge in [0.25, 0.3) is 0 Å². The van der Waals surface area contributed by atoms with Gasteiger partial charge in [-0.1, -0.05) is 6.07 Å². The average molecular weight is 284 g/mol. The largest absolute Gasteiger partial charge is 0.326 e. The topological polar surface area (TPSA) is 101 Å². The van der Waals surface area contributed by atoms with Crippen molar-refractivity contribution in [3.63, 3.8) is 0 Å². The van der Waals surface area contributed by atoms with Crippen LogP contribution >= 0.6 is 0 Å². The van der Waals surface area contributed by atoms with Crippen molar-refractivity contribution in [2.45, 2.75) is 18.0 Å². The molecule has 0 saturated heterocycles. The molecule has 19 heavy (non-hydrogen) atoms. The van der Waals surface area contributed by atoms with Gasteiger partial charge in [0.1, 0.15) is 10.7 Å². The number of rotatable bonds is 5. The second kappa shape index (κ2) is 5.47. The third-order valence-electron chi connectivity index (χ3n) is 2.54. The number of sulfonamides is 1. The van der Waals surface area contributed by atoms with Crippen LogP contribution in [0.4, 0.5) is 4.39 Å². The molecule has 0 aliphatic rings. The molecule has 0 bridgehead atoms. The van der Waals surface area contributed by atoms with Crippen LogP contribution in [0, 0.1) is 5.82 Å². The lowest BCUT2D eigenvalue weighted by molar-refractivity contribution is 0.556. The van der Waals surface area contributed by atoms with Gasteiger partial charge in [0.05, 0.1) is 6.20 Å². The van der Waals surface area contributed by atoms with Crippen LogP contribution in [0.3, 0.4) is 0 Å². The van der Waals surface area contributed by atoms with Crippen molar-refractivity contribution in [2.75, 3.05) is 0 Å². The Balaban J connectivity index is 2.19. The monoisotopic (exact) mass is 284 g/mol. The minimum absolute atomic E-state index is 0.0386. The van der Waals surface area contributed by atoms with Crippen LogP contribution in [0.1, 0.15) is 11.1 Å². The van der Waals surface area contributed by atoms with E-state index in [4.69, 9.17) is 5.73 Å². The highest BCUT2D eigenvalue weighted by Gasteiger charge is 2.18. The van der Waals surface area contributed by atoms with Crippen LogP contribution < -0.4 is 10.5 Å². The van der Waals surface area contributed by atoms with E-state index in [1.54, 1.807) is 6.20 Å². The molecule has 102 valence electrons. The number of H-pyrrole nitrogens is 1. The number of nitrogens with two attached hydrogens (primary N) is 1. The van der Waals surface area contributed by atoms with Gasteiger partial charge in [-0.25, -0.2) is 17.5 Å². The lowest BCUT2D eigenvalue weighted by Crippen LogP contribution is -2.24. The number of hydrogen-bond donors (Lipinski definition) is 3. The highest BCUT2D eigenvalue weighted by molar-refractivity contribution is 7.89.